The van der Waals surface area contributed by atoms with E-state index >= 15 is 0 Å². The number of nitro groups is 1. The van der Waals surface area contributed by atoms with Crippen molar-refractivity contribution in [2.45, 2.75) is 13.8 Å². The Morgan fingerprint density at radius 1 is 1.18 bits per heavy atom. The molecule has 8 nitrogen and oxygen atoms in total. The minimum atomic E-state index is -0.568. The Bertz CT molecular complexity index is 1210. The number of thiophene rings is 1. The highest BCUT2D eigenvalue weighted by Crippen LogP contribution is 2.40. The topological polar surface area (TPSA) is 108 Å². The van der Waals surface area contributed by atoms with Crippen LogP contribution in [0.2, 0.25) is 0 Å². The highest BCUT2D eigenvalue weighted by Gasteiger charge is 2.24. The number of anilines is 1. The Labute approximate surface area is 194 Å². The third-order valence-corrected chi connectivity index (χ3v) is 5.69. The molecule has 0 radical (unpaired) electrons. The Kier molecular flexibility index (Phi) is 7.57. The minimum Gasteiger partial charge on any atom is -0.494 e. The second-order valence-corrected chi connectivity index (χ2v) is 8.09. The number of nitrogens with zero attached hydrogens (tertiary/aromatic N) is 1. The summed E-state index contributed by atoms with van der Waals surface area (Å²) in [4.78, 5) is 36.4. The van der Waals surface area contributed by atoms with Crippen LogP contribution in [0.5, 0.6) is 5.75 Å². The van der Waals surface area contributed by atoms with Crippen LogP contribution >= 0.6 is 11.3 Å². The van der Waals surface area contributed by atoms with Crippen LogP contribution in [0, 0.1) is 17.0 Å². The van der Waals surface area contributed by atoms with Gasteiger partial charge >= 0.3 is 5.97 Å². The molecule has 0 unspecified atom stereocenters. The predicted octanol–water partition coefficient (Wildman–Crippen LogP) is 5.47. The maximum absolute atomic E-state index is 12.6. The number of hydrogen-bond acceptors (Lipinski definition) is 7. The lowest BCUT2D eigenvalue weighted by Gasteiger charge is -2.08. The fourth-order valence-electron chi connectivity index (χ4n) is 3.23. The van der Waals surface area contributed by atoms with E-state index in [1.54, 1.807) is 6.07 Å². The fourth-order valence-corrected chi connectivity index (χ4v) is 4.30. The molecule has 170 valence electrons. The quantitative estimate of drug-likeness (QED) is 0.204. The van der Waals surface area contributed by atoms with E-state index in [1.807, 2.05) is 38.1 Å². The van der Waals surface area contributed by atoms with Crippen molar-refractivity contribution in [1.29, 1.82) is 0 Å². The number of aryl methyl sites for hydroxylation is 1. The number of nitrogens with one attached hydrogen (secondary N) is 1. The second-order valence-electron chi connectivity index (χ2n) is 6.86. The summed E-state index contributed by atoms with van der Waals surface area (Å²) in [6, 6.07) is 13.3. The number of amides is 1. The zero-order valence-corrected chi connectivity index (χ0v) is 19.1. The van der Waals surface area contributed by atoms with Crippen molar-refractivity contribution >= 4 is 40.0 Å². The van der Waals surface area contributed by atoms with E-state index in [4.69, 9.17) is 9.47 Å². The molecule has 2 aromatic carbocycles. The summed E-state index contributed by atoms with van der Waals surface area (Å²) in [5.41, 5.74) is 2.17. The molecule has 0 saturated carbocycles. The molecule has 0 bridgehead atoms. The molecule has 3 aromatic rings. The molecular formula is C24H22N2O6S. The molecule has 0 aliphatic carbocycles. The lowest BCUT2D eigenvalue weighted by molar-refractivity contribution is -0.384. The molecule has 1 aromatic heterocycles. The van der Waals surface area contributed by atoms with Gasteiger partial charge in [-0.2, -0.15) is 0 Å². The van der Waals surface area contributed by atoms with Gasteiger partial charge in [-0.3, -0.25) is 14.9 Å². The Hall–Kier alpha value is -3.98. The Morgan fingerprint density at radius 2 is 1.91 bits per heavy atom. The van der Waals surface area contributed by atoms with Gasteiger partial charge in [0.25, 0.3) is 5.69 Å². The first-order valence-electron chi connectivity index (χ1n) is 10.0. The van der Waals surface area contributed by atoms with Crippen molar-refractivity contribution in [1.82, 2.24) is 0 Å². The Morgan fingerprint density at radius 3 is 2.55 bits per heavy atom. The third kappa shape index (κ3) is 5.64. The summed E-state index contributed by atoms with van der Waals surface area (Å²) < 4.78 is 10.4. The number of methoxy groups -OCH3 is 1. The van der Waals surface area contributed by atoms with Gasteiger partial charge in [0.2, 0.25) is 5.91 Å². The van der Waals surface area contributed by atoms with E-state index in [2.05, 4.69) is 5.32 Å². The van der Waals surface area contributed by atoms with Crippen LogP contribution in [-0.2, 0) is 9.53 Å². The monoisotopic (exact) mass is 466 g/mol. The number of benzene rings is 2. The highest BCUT2D eigenvalue weighted by molar-refractivity contribution is 7.17. The summed E-state index contributed by atoms with van der Waals surface area (Å²) in [5, 5.41) is 14.0. The standard InChI is InChI=1S/C24H22N2O6S/c1-4-32-19-11-9-17(10-12-19)21-15(2)33-23(22(21)24(28)31-3)25-20(27)13-8-16-6-5-7-18(14-16)26(29)30/h5-14H,4H2,1-3H3,(H,25,27)/b13-8+. The maximum Gasteiger partial charge on any atom is 0.341 e. The first-order chi connectivity index (χ1) is 15.8. The van der Waals surface area contributed by atoms with Crippen molar-refractivity contribution in [2.75, 3.05) is 19.0 Å². The predicted molar refractivity (Wildman–Crippen MR) is 128 cm³/mol. The van der Waals surface area contributed by atoms with Gasteiger partial charge in [-0.25, -0.2) is 4.79 Å². The van der Waals surface area contributed by atoms with Crippen molar-refractivity contribution < 1.29 is 24.0 Å². The molecule has 9 heteroatoms. The molecule has 1 amide bonds. The zero-order chi connectivity index (χ0) is 24.0. The molecule has 0 fully saturated rings. The van der Waals surface area contributed by atoms with E-state index in [9.17, 15) is 19.7 Å². The van der Waals surface area contributed by atoms with Gasteiger partial charge in [0.05, 0.1) is 18.6 Å². The summed E-state index contributed by atoms with van der Waals surface area (Å²) in [7, 11) is 1.28. The number of nitro benzene ring substituents is 1. The molecule has 0 aliphatic rings. The van der Waals surface area contributed by atoms with Crippen LogP contribution in [0.1, 0.15) is 27.7 Å². The SMILES string of the molecule is CCOc1ccc(-c2c(C)sc(NC(=O)/C=C/c3cccc([N+](=O)[O-])c3)c2C(=O)OC)cc1. The average molecular weight is 467 g/mol. The summed E-state index contributed by atoms with van der Waals surface area (Å²) >= 11 is 1.26. The van der Waals surface area contributed by atoms with Crippen LogP contribution in [0.15, 0.2) is 54.6 Å². The zero-order valence-electron chi connectivity index (χ0n) is 18.3. The number of carbonyl (C=O) groups excluding carboxylic acids is 2. The van der Waals surface area contributed by atoms with Gasteiger partial charge < -0.3 is 14.8 Å². The van der Waals surface area contributed by atoms with Gasteiger partial charge in [-0.05, 0) is 43.2 Å². The molecule has 0 aliphatic heterocycles. The third-order valence-electron chi connectivity index (χ3n) is 4.67. The number of ether oxygens (including phenoxy) is 2. The molecule has 1 N–H and O–H groups in total. The number of esters is 1. The number of hydrogen-bond donors (Lipinski definition) is 1. The van der Waals surface area contributed by atoms with E-state index in [0.29, 0.717) is 28.5 Å². The van der Waals surface area contributed by atoms with Gasteiger partial charge in [-0.15, -0.1) is 11.3 Å². The van der Waals surface area contributed by atoms with E-state index in [1.165, 1.54) is 48.8 Å². The van der Waals surface area contributed by atoms with Crippen molar-refractivity contribution in [3.8, 4) is 16.9 Å². The smallest absolute Gasteiger partial charge is 0.341 e. The van der Waals surface area contributed by atoms with Crippen LogP contribution < -0.4 is 10.1 Å². The maximum atomic E-state index is 12.6. The van der Waals surface area contributed by atoms with Crippen LogP contribution in [0.4, 0.5) is 10.7 Å². The lowest BCUT2D eigenvalue weighted by Crippen LogP contribution is -2.11. The average Bonchev–Trinajstić information content (AvgIpc) is 3.13. The minimum absolute atomic E-state index is 0.0700. The second kappa shape index (κ2) is 10.6. The van der Waals surface area contributed by atoms with Crippen LogP contribution in [0.3, 0.4) is 0 Å². The van der Waals surface area contributed by atoms with Gasteiger partial charge in [0, 0.05) is 28.6 Å². The number of rotatable bonds is 8. The van der Waals surface area contributed by atoms with Crippen molar-refractivity contribution in [3.05, 3.63) is 80.7 Å². The van der Waals surface area contributed by atoms with E-state index in [0.717, 1.165) is 10.4 Å². The van der Waals surface area contributed by atoms with Crippen molar-refractivity contribution in [2.24, 2.45) is 0 Å². The number of non-ortho nitro benzene ring substituents is 1. The normalized spacial score (nSPS) is 10.8. The molecule has 33 heavy (non-hydrogen) atoms. The van der Waals surface area contributed by atoms with Crippen LogP contribution in [-0.4, -0.2) is 30.5 Å². The van der Waals surface area contributed by atoms with Gasteiger partial charge in [0.15, 0.2) is 0 Å². The summed E-state index contributed by atoms with van der Waals surface area (Å²) in [6.45, 7) is 4.30. The fraction of sp³-hybridized carbons (Fsp3) is 0.167. The lowest BCUT2D eigenvalue weighted by atomic mass is 10.0. The van der Waals surface area contributed by atoms with Gasteiger partial charge in [-0.1, -0.05) is 24.3 Å². The Balaban J connectivity index is 1.89. The van der Waals surface area contributed by atoms with E-state index in [-0.39, 0.29) is 11.3 Å². The van der Waals surface area contributed by atoms with Crippen molar-refractivity contribution in [3.63, 3.8) is 0 Å². The molecule has 1 heterocycles. The molecule has 0 atom stereocenters. The first kappa shape index (κ1) is 23.7. The highest BCUT2D eigenvalue weighted by atomic mass is 32.1. The largest absolute Gasteiger partial charge is 0.494 e. The van der Waals surface area contributed by atoms with Gasteiger partial charge in [0.1, 0.15) is 16.3 Å². The molecule has 0 spiro atoms. The first-order valence-corrected chi connectivity index (χ1v) is 10.8. The summed E-state index contributed by atoms with van der Waals surface area (Å²) in [5.74, 6) is -0.332. The molecular weight excluding hydrogens is 444 g/mol. The van der Waals surface area contributed by atoms with E-state index < -0.39 is 16.8 Å². The number of carbonyl (C=O) groups is 2. The summed E-state index contributed by atoms with van der Waals surface area (Å²) in [6.07, 6.45) is 2.72. The molecule has 0 saturated heterocycles. The molecule has 3 rings (SSSR count). The van der Waals surface area contributed by atoms with Crippen LogP contribution in [0.25, 0.3) is 17.2 Å².